The van der Waals surface area contributed by atoms with Gasteiger partial charge in [0.25, 0.3) is 0 Å². The van der Waals surface area contributed by atoms with E-state index in [2.05, 4.69) is 4.90 Å². The second kappa shape index (κ2) is 7.71. The van der Waals surface area contributed by atoms with Gasteiger partial charge < -0.3 is 9.64 Å². The van der Waals surface area contributed by atoms with Crippen LogP contribution in [0.4, 0.5) is 8.78 Å². The Kier molecular flexibility index (Phi) is 5.07. The number of methoxy groups -OCH3 is 1. The molecule has 2 aromatic rings. The van der Waals surface area contributed by atoms with E-state index in [1.165, 1.54) is 37.8 Å². The number of rotatable bonds is 4. The monoisotopic (exact) mass is 397 g/mol. The molecule has 2 aliphatic carbocycles. The number of fused-ring (bicyclic) bond motifs is 2. The molecule has 0 unspecified atom stereocenters. The lowest BCUT2D eigenvalue weighted by molar-refractivity contribution is 0.110. The molecular weight excluding hydrogens is 368 g/mol. The highest BCUT2D eigenvalue weighted by Crippen LogP contribution is 2.48. The van der Waals surface area contributed by atoms with Gasteiger partial charge in [-0.15, -0.1) is 0 Å². The molecule has 4 heteroatoms. The first-order valence-corrected chi connectivity index (χ1v) is 11.0. The molecule has 5 rings (SSSR count). The molecule has 0 aromatic heterocycles. The average molecular weight is 398 g/mol. The molecule has 3 aliphatic rings. The van der Waals surface area contributed by atoms with E-state index >= 15 is 0 Å². The van der Waals surface area contributed by atoms with Crippen molar-refractivity contribution in [1.29, 1.82) is 0 Å². The Morgan fingerprint density at radius 2 is 1.76 bits per heavy atom. The zero-order valence-corrected chi connectivity index (χ0v) is 17.0. The van der Waals surface area contributed by atoms with Crippen molar-refractivity contribution in [2.75, 3.05) is 20.2 Å². The topological polar surface area (TPSA) is 12.5 Å². The molecule has 0 N–H and O–H groups in total. The average Bonchev–Trinajstić information content (AvgIpc) is 3.37. The normalized spacial score (nSPS) is 27.5. The Hall–Kier alpha value is -1.94. The van der Waals surface area contributed by atoms with Gasteiger partial charge in [0.05, 0.1) is 7.11 Å². The summed E-state index contributed by atoms with van der Waals surface area (Å²) in [6.45, 7) is 2.27. The first-order valence-electron chi connectivity index (χ1n) is 11.0. The third-order valence-electron chi connectivity index (χ3n) is 7.61. The van der Waals surface area contributed by atoms with Crippen LogP contribution in [0.25, 0.3) is 11.1 Å². The number of benzene rings is 2. The largest absolute Gasteiger partial charge is 0.496 e. The number of piperidine rings is 1. The van der Waals surface area contributed by atoms with Crippen molar-refractivity contribution >= 4 is 0 Å². The van der Waals surface area contributed by atoms with Gasteiger partial charge in [-0.3, -0.25) is 0 Å². The number of nitrogens with zero attached hydrogens (tertiary/aromatic N) is 1. The molecule has 1 aliphatic heterocycles. The third-order valence-corrected chi connectivity index (χ3v) is 7.61. The summed E-state index contributed by atoms with van der Waals surface area (Å²) >= 11 is 0. The van der Waals surface area contributed by atoms with Crippen LogP contribution >= 0.6 is 0 Å². The fraction of sp³-hybridized carbons (Fsp3) is 0.520. The maximum absolute atomic E-state index is 14.3. The van der Waals surface area contributed by atoms with Gasteiger partial charge in [0.15, 0.2) is 0 Å². The van der Waals surface area contributed by atoms with E-state index in [-0.39, 0.29) is 0 Å². The summed E-state index contributed by atoms with van der Waals surface area (Å²) in [6.07, 6.45) is 7.94. The molecule has 0 amide bonds. The molecule has 2 saturated carbocycles. The van der Waals surface area contributed by atoms with Crippen molar-refractivity contribution in [1.82, 2.24) is 4.90 Å². The van der Waals surface area contributed by atoms with Crippen LogP contribution in [0.1, 0.15) is 50.0 Å². The molecule has 1 heterocycles. The summed E-state index contributed by atoms with van der Waals surface area (Å²) in [5.74, 6) is 2.12. The van der Waals surface area contributed by atoms with E-state index in [1.54, 1.807) is 7.11 Å². The molecule has 2 aromatic carbocycles. The Bertz CT molecular complexity index is 890. The van der Waals surface area contributed by atoms with Crippen molar-refractivity contribution in [3.63, 3.8) is 0 Å². The van der Waals surface area contributed by atoms with Crippen molar-refractivity contribution in [3.8, 4) is 16.9 Å². The molecule has 154 valence electrons. The summed E-state index contributed by atoms with van der Waals surface area (Å²) in [4.78, 5) is 2.73. The van der Waals surface area contributed by atoms with Crippen LogP contribution in [-0.4, -0.2) is 31.1 Å². The maximum Gasteiger partial charge on any atom is 0.133 e. The second-order valence-electron chi connectivity index (χ2n) is 9.13. The molecule has 0 radical (unpaired) electrons. The van der Waals surface area contributed by atoms with Crippen LogP contribution in [-0.2, 0) is 0 Å². The highest BCUT2D eigenvalue weighted by molar-refractivity contribution is 5.66. The lowest BCUT2D eigenvalue weighted by Gasteiger charge is -2.40. The summed E-state index contributed by atoms with van der Waals surface area (Å²) in [7, 11) is 1.70. The smallest absolute Gasteiger partial charge is 0.133 e. The van der Waals surface area contributed by atoms with Gasteiger partial charge in [-0.05, 0) is 98.3 Å². The lowest BCUT2D eigenvalue weighted by Crippen LogP contribution is -2.43. The Morgan fingerprint density at radius 1 is 0.931 bits per heavy atom. The number of ether oxygens (including phenoxy) is 1. The van der Waals surface area contributed by atoms with E-state index in [0.717, 1.165) is 66.8 Å². The van der Waals surface area contributed by atoms with Crippen LogP contribution in [0.2, 0.25) is 0 Å². The molecule has 2 nitrogen and oxygen atoms in total. The highest BCUT2D eigenvalue weighted by atomic mass is 19.1. The minimum atomic E-state index is -0.548. The van der Waals surface area contributed by atoms with Gasteiger partial charge in [-0.2, -0.15) is 0 Å². The Labute approximate surface area is 171 Å². The molecule has 3 fully saturated rings. The third kappa shape index (κ3) is 3.56. The molecule has 3 atom stereocenters. The van der Waals surface area contributed by atoms with E-state index in [0.29, 0.717) is 11.5 Å². The summed E-state index contributed by atoms with van der Waals surface area (Å²) < 4.78 is 33.3. The van der Waals surface area contributed by atoms with Crippen LogP contribution in [0.15, 0.2) is 36.4 Å². The molecule has 1 saturated heterocycles. The van der Waals surface area contributed by atoms with Gasteiger partial charge in [0, 0.05) is 17.7 Å². The summed E-state index contributed by atoms with van der Waals surface area (Å²) in [5, 5.41) is 0. The number of halogens is 2. The first kappa shape index (κ1) is 19.0. The zero-order chi connectivity index (χ0) is 20.0. The quantitative estimate of drug-likeness (QED) is 0.627. The van der Waals surface area contributed by atoms with Gasteiger partial charge in [-0.25, -0.2) is 8.78 Å². The minimum Gasteiger partial charge on any atom is -0.496 e. The number of hydrogen-bond donors (Lipinski definition) is 0. The van der Waals surface area contributed by atoms with Crippen LogP contribution in [0.5, 0.6) is 5.75 Å². The number of likely N-dealkylation sites (tertiary alicyclic amines) is 1. The first-order chi connectivity index (χ1) is 14.1. The summed E-state index contributed by atoms with van der Waals surface area (Å²) in [5.41, 5.74) is 2.38. The van der Waals surface area contributed by atoms with E-state index in [9.17, 15) is 8.78 Å². The van der Waals surface area contributed by atoms with Crippen molar-refractivity contribution in [3.05, 3.63) is 53.6 Å². The standard InChI is InChI=1S/C25H29F2NO/c1-29-25-7-4-18(21-6-5-20(26)15-23(21)27)14-22(25)17-8-10-28(11-9-17)24-13-16-2-3-19(24)12-16/h4-7,14-17,19,24H,2-3,8-13H2,1H3/t16-,19-,24-/m0/s1. The minimum absolute atomic E-state index is 0.420. The van der Waals surface area contributed by atoms with Gasteiger partial charge in [-0.1, -0.05) is 12.5 Å². The molecular formula is C25H29F2NO. The van der Waals surface area contributed by atoms with Crippen molar-refractivity contribution in [2.45, 2.75) is 50.5 Å². The number of hydrogen-bond acceptors (Lipinski definition) is 2. The molecule has 29 heavy (non-hydrogen) atoms. The van der Waals surface area contributed by atoms with Crippen molar-refractivity contribution in [2.24, 2.45) is 11.8 Å². The Morgan fingerprint density at radius 3 is 2.41 bits per heavy atom. The second-order valence-corrected chi connectivity index (χ2v) is 9.13. The fourth-order valence-corrected chi connectivity index (χ4v) is 6.14. The van der Waals surface area contributed by atoms with Crippen LogP contribution in [0.3, 0.4) is 0 Å². The fourth-order valence-electron chi connectivity index (χ4n) is 6.14. The van der Waals surface area contributed by atoms with Crippen LogP contribution < -0.4 is 4.74 Å². The molecule has 2 bridgehead atoms. The van der Waals surface area contributed by atoms with Crippen molar-refractivity contribution < 1.29 is 13.5 Å². The molecule has 0 spiro atoms. The van der Waals surface area contributed by atoms with Crippen LogP contribution in [0, 0.1) is 23.5 Å². The lowest BCUT2D eigenvalue weighted by atomic mass is 9.85. The maximum atomic E-state index is 14.3. The van der Waals surface area contributed by atoms with E-state index in [4.69, 9.17) is 4.74 Å². The van der Waals surface area contributed by atoms with Gasteiger partial charge in [0.1, 0.15) is 17.4 Å². The summed E-state index contributed by atoms with van der Waals surface area (Å²) in [6, 6.07) is 10.4. The highest BCUT2D eigenvalue weighted by Gasteiger charge is 2.43. The predicted molar refractivity (Wildman–Crippen MR) is 111 cm³/mol. The predicted octanol–water partition coefficient (Wildman–Crippen LogP) is 6.01. The Balaban J connectivity index is 1.35. The zero-order valence-electron chi connectivity index (χ0n) is 17.0. The van der Waals surface area contributed by atoms with Gasteiger partial charge in [0.2, 0.25) is 0 Å². The SMILES string of the molecule is COc1ccc(-c2ccc(F)cc2F)cc1C1CCN([C@H]2C[C@H]3CC[C@H]2C3)CC1. The van der Waals surface area contributed by atoms with E-state index < -0.39 is 11.6 Å². The van der Waals surface area contributed by atoms with Gasteiger partial charge >= 0.3 is 0 Å². The van der Waals surface area contributed by atoms with E-state index in [1.807, 2.05) is 18.2 Å².